The minimum absolute atomic E-state index is 0.380. The molecule has 1 heterocycles. The van der Waals surface area contributed by atoms with Crippen molar-refractivity contribution in [2.24, 2.45) is 5.41 Å². The van der Waals surface area contributed by atoms with E-state index in [4.69, 9.17) is 0 Å². The normalized spacial score (nSPS) is 12.0. The largest absolute Gasteiger partial charge is 0.197 e. The van der Waals surface area contributed by atoms with Crippen molar-refractivity contribution in [3.63, 3.8) is 0 Å². The molecule has 0 unspecified atom stereocenters. The Balaban J connectivity index is 2.70. The summed E-state index contributed by atoms with van der Waals surface area (Å²) in [6, 6.07) is 0. The molecule has 0 aliphatic carbocycles. The molecule has 0 spiro atoms. The van der Waals surface area contributed by atoms with Crippen LogP contribution in [0.1, 0.15) is 45.4 Å². The minimum Gasteiger partial charge on any atom is -0.197 e. The van der Waals surface area contributed by atoms with Gasteiger partial charge in [-0.1, -0.05) is 34.1 Å². The molecule has 0 radical (unpaired) electrons. The Morgan fingerprint density at radius 2 is 2.08 bits per heavy atom. The summed E-state index contributed by atoms with van der Waals surface area (Å²) >= 11 is 1.60. The van der Waals surface area contributed by atoms with E-state index in [0.717, 1.165) is 12.8 Å². The first-order valence-electron chi connectivity index (χ1n) is 4.95. The third-order valence-corrected chi connectivity index (χ3v) is 2.65. The molecule has 74 valence electrons. The van der Waals surface area contributed by atoms with Crippen molar-refractivity contribution in [1.29, 1.82) is 0 Å². The number of hydrogen-bond acceptors (Lipinski definition) is 2. The molecular formula is C11H19NS. The quantitative estimate of drug-likeness (QED) is 0.720. The first-order chi connectivity index (χ1) is 6.03. The van der Waals surface area contributed by atoms with Crippen LogP contribution in [0.5, 0.6) is 0 Å². The molecule has 13 heavy (non-hydrogen) atoms. The standard InChI is InChI=1S/C11H19NS/c1-5-6-10-9(8-13-12-10)7-11(2,3)4/h8H,5-7H2,1-4H3. The van der Waals surface area contributed by atoms with Gasteiger partial charge in [0.05, 0.1) is 5.69 Å². The van der Waals surface area contributed by atoms with Crippen LogP contribution in [0.15, 0.2) is 5.38 Å². The van der Waals surface area contributed by atoms with Gasteiger partial charge in [0, 0.05) is 5.38 Å². The summed E-state index contributed by atoms with van der Waals surface area (Å²) in [5.74, 6) is 0. The van der Waals surface area contributed by atoms with E-state index in [1.165, 1.54) is 17.7 Å². The number of hydrogen-bond donors (Lipinski definition) is 0. The van der Waals surface area contributed by atoms with Crippen LogP contribution in [0.3, 0.4) is 0 Å². The van der Waals surface area contributed by atoms with Crippen LogP contribution in [-0.4, -0.2) is 4.37 Å². The highest BCUT2D eigenvalue weighted by molar-refractivity contribution is 7.03. The smallest absolute Gasteiger partial charge is 0.0574 e. The highest BCUT2D eigenvalue weighted by atomic mass is 32.1. The molecule has 1 aromatic heterocycles. The lowest BCUT2D eigenvalue weighted by Gasteiger charge is -2.17. The third-order valence-electron chi connectivity index (χ3n) is 1.94. The highest BCUT2D eigenvalue weighted by Crippen LogP contribution is 2.24. The molecule has 2 heteroatoms. The fourth-order valence-corrected chi connectivity index (χ4v) is 2.17. The average Bonchev–Trinajstić information content (AvgIpc) is 2.34. The maximum absolute atomic E-state index is 4.43. The zero-order valence-electron chi connectivity index (χ0n) is 9.05. The van der Waals surface area contributed by atoms with E-state index in [1.807, 2.05) is 0 Å². The van der Waals surface area contributed by atoms with E-state index in [1.54, 1.807) is 11.5 Å². The van der Waals surface area contributed by atoms with E-state index in [0.29, 0.717) is 5.41 Å². The SMILES string of the molecule is CCCc1nscc1CC(C)(C)C. The maximum atomic E-state index is 4.43. The first-order valence-corrected chi connectivity index (χ1v) is 5.78. The van der Waals surface area contributed by atoms with E-state index in [9.17, 15) is 0 Å². The summed E-state index contributed by atoms with van der Waals surface area (Å²) in [4.78, 5) is 0. The number of aryl methyl sites for hydroxylation is 1. The van der Waals surface area contributed by atoms with Crippen LogP contribution >= 0.6 is 11.5 Å². The van der Waals surface area contributed by atoms with Gasteiger partial charge in [-0.25, -0.2) is 0 Å². The second-order valence-corrected chi connectivity index (χ2v) is 5.40. The molecule has 1 nitrogen and oxygen atoms in total. The van der Waals surface area contributed by atoms with Gasteiger partial charge < -0.3 is 0 Å². The topological polar surface area (TPSA) is 12.9 Å². The summed E-state index contributed by atoms with van der Waals surface area (Å²) in [5.41, 5.74) is 3.16. The lowest BCUT2D eigenvalue weighted by atomic mass is 9.88. The molecule has 0 saturated carbocycles. The molecule has 0 aliphatic rings. The minimum atomic E-state index is 0.380. The van der Waals surface area contributed by atoms with Crippen LogP contribution in [0.4, 0.5) is 0 Å². The van der Waals surface area contributed by atoms with Crippen LogP contribution in [0.25, 0.3) is 0 Å². The van der Waals surface area contributed by atoms with Gasteiger partial charge >= 0.3 is 0 Å². The molecule has 0 aliphatic heterocycles. The van der Waals surface area contributed by atoms with Crippen LogP contribution in [0.2, 0.25) is 0 Å². The van der Waals surface area contributed by atoms with Gasteiger partial charge in [-0.2, -0.15) is 4.37 Å². The summed E-state index contributed by atoms with van der Waals surface area (Å²) in [6.07, 6.45) is 3.48. The molecule has 0 aromatic carbocycles. The van der Waals surface area contributed by atoms with E-state index < -0.39 is 0 Å². The second kappa shape index (κ2) is 4.23. The van der Waals surface area contributed by atoms with Gasteiger partial charge in [-0.3, -0.25) is 0 Å². The molecule has 0 bridgehead atoms. The summed E-state index contributed by atoms with van der Waals surface area (Å²) < 4.78 is 4.43. The molecule has 0 fully saturated rings. The van der Waals surface area contributed by atoms with Gasteiger partial charge in [0.1, 0.15) is 0 Å². The lowest BCUT2D eigenvalue weighted by molar-refractivity contribution is 0.410. The maximum Gasteiger partial charge on any atom is 0.0574 e. The second-order valence-electron chi connectivity index (χ2n) is 4.77. The van der Waals surface area contributed by atoms with Crippen molar-refractivity contribution in [3.05, 3.63) is 16.6 Å². The van der Waals surface area contributed by atoms with Crippen molar-refractivity contribution in [1.82, 2.24) is 4.37 Å². The van der Waals surface area contributed by atoms with Gasteiger partial charge in [-0.15, -0.1) is 0 Å². The van der Waals surface area contributed by atoms with Crippen LogP contribution < -0.4 is 0 Å². The fraction of sp³-hybridized carbons (Fsp3) is 0.727. The van der Waals surface area contributed by atoms with Crippen molar-refractivity contribution < 1.29 is 0 Å². The molecule has 0 saturated heterocycles. The average molecular weight is 197 g/mol. The Hall–Kier alpha value is -0.370. The Kier molecular flexibility index (Phi) is 3.48. The van der Waals surface area contributed by atoms with Crippen LogP contribution in [-0.2, 0) is 12.8 Å². The predicted octanol–water partition coefficient (Wildman–Crippen LogP) is 3.68. The Morgan fingerprint density at radius 3 is 2.62 bits per heavy atom. The van der Waals surface area contributed by atoms with E-state index in [-0.39, 0.29) is 0 Å². The third kappa shape index (κ3) is 3.47. The molecule has 1 aromatic rings. The van der Waals surface area contributed by atoms with Crippen molar-refractivity contribution in [2.45, 2.75) is 47.0 Å². The van der Waals surface area contributed by atoms with Crippen molar-refractivity contribution in [3.8, 4) is 0 Å². The van der Waals surface area contributed by atoms with Crippen LogP contribution in [0, 0.1) is 5.41 Å². The summed E-state index contributed by atoms with van der Waals surface area (Å²) in [7, 11) is 0. The zero-order valence-corrected chi connectivity index (χ0v) is 9.87. The Morgan fingerprint density at radius 1 is 1.38 bits per heavy atom. The Bertz CT molecular complexity index is 257. The number of aromatic nitrogens is 1. The highest BCUT2D eigenvalue weighted by Gasteiger charge is 2.15. The van der Waals surface area contributed by atoms with Gasteiger partial charge in [0.25, 0.3) is 0 Å². The van der Waals surface area contributed by atoms with E-state index >= 15 is 0 Å². The van der Waals surface area contributed by atoms with E-state index in [2.05, 4.69) is 37.4 Å². The van der Waals surface area contributed by atoms with Gasteiger partial charge in [-0.05, 0) is 35.4 Å². The van der Waals surface area contributed by atoms with Gasteiger partial charge in [0.15, 0.2) is 0 Å². The molecule has 0 N–H and O–H groups in total. The summed E-state index contributed by atoms with van der Waals surface area (Å²) in [5, 5.41) is 2.20. The number of nitrogens with zero attached hydrogens (tertiary/aromatic N) is 1. The molecule has 1 rings (SSSR count). The monoisotopic (exact) mass is 197 g/mol. The summed E-state index contributed by atoms with van der Waals surface area (Å²) in [6.45, 7) is 9.04. The molecular weight excluding hydrogens is 178 g/mol. The zero-order chi connectivity index (χ0) is 9.90. The fourth-order valence-electron chi connectivity index (χ4n) is 1.44. The van der Waals surface area contributed by atoms with Gasteiger partial charge in [0.2, 0.25) is 0 Å². The first kappa shape index (κ1) is 10.7. The molecule has 0 atom stereocenters. The molecule has 0 amide bonds. The Labute approximate surface area is 85.4 Å². The lowest BCUT2D eigenvalue weighted by Crippen LogP contribution is -2.10. The van der Waals surface area contributed by atoms with Crippen molar-refractivity contribution >= 4 is 11.5 Å². The number of rotatable bonds is 3. The van der Waals surface area contributed by atoms with Crippen molar-refractivity contribution in [2.75, 3.05) is 0 Å². The predicted molar refractivity (Wildman–Crippen MR) is 59.3 cm³/mol.